The third-order valence-corrected chi connectivity index (χ3v) is 3.45. The van der Waals surface area contributed by atoms with E-state index in [2.05, 4.69) is 15.4 Å². The second kappa shape index (κ2) is 5.90. The molecular formula is C14H9Cl2FN4O. The van der Waals surface area contributed by atoms with E-state index in [0.29, 0.717) is 16.4 Å². The van der Waals surface area contributed by atoms with Gasteiger partial charge in [0, 0.05) is 6.54 Å². The molecule has 2 aromatic heterocycles. The van der Waals surface area contributed by atoms with Crippen LogP contribution in [-0.4, -0.2) is 20.5 Å². The van der Waals surface area contributed by atoms with Crippen molar-refractivity contribution in [3.8, 4) is 0 Å². The molecule has 3 rings (SSSR count). The van der Waals surface area contributed by atoms with Crippen molar-refractivity contribution in [2.75, 3.05) is 0 Å². The zero-order chi connectivity index (χ0) is 15.7. The fraction of sp³-hybridized carbons (Fsp3) is 0.0714. The third kappa shape index (κ3) is 3.03. The Morgan fingerprint density at radius 2 is 2.09 bits per heavy atom. The minimum absolute atomic E-state index is 0.0123. The first-order chi connectivity index (χ1) is 10.5. The Balaban J connectivity index is 1.74. The van der Waals surface area contributed by atoms with Crippen LogP contribution in [0.25, 0.3) is 5.65 Å². The second-order valence-electron chi connectivity index (χ2n) is 4.52. The first-order valence-electron chi connectivity index (χ1n) is 6.27. The van der Waals surface area contributed by atoms with Crippen LogP contribution in [0.15, 0.2) is 36.5 Å². The molecule has 0 bridgehead atoms. The fourth-order valence-corrected chi connectivity index (χ4v) is 2.24. The molecule has 0 fully saturated rings. The maximum Gasteiger partial charge on any atom is 0.271 e. The number of rotatable bonds is 3. The van der Waals surface area contributed by atoms with Gasteiger partial charge in [-0.2, -0.15) is 5.10 Å². The summed E-state index contributed by atoms with van der Waals surface area (Å²) in [6.45, 7) is 0.209. The van der Waals surface area contributed by atoms with Gasteiger partial charge in [0.1, 0.15) is 16.7 Å². The van der Waals surface area contributed by atoms with E-state index < -0.39 is 5.82 Å². The molecule has 0 saturated carbocycles. The highest BCUT2D eigenvalue weighted by Gasteiger charge is 2.11. The van der Waals surface area contributed by atoms with Crippen molar-refractivity contribution >= 4 is 34.8 Å². The van der Waals surface area contributed by atoms with E-state index >= 15 is 0 Å². The lowest BCUT2D eigenvalue weighted by Gasteiger charge is -2.04. The molecule has 112 valence electrons. The molecule has 0 spiro atoms. The van der Waals surface area contributed by atoms with E-state index in [-0.39, 0.29) is 23.2 Å². The SMILES string of the molecule is O=C(NCc1ccc(F)c(Cl)c1)c1cn2nc(Cl)ccc2n1. The van der Waals surface area contributed by atoms with Gasteiger partial charge in [-0.3, -0.25) is 4.79 Å². The van der Waals surface area contributed by atoms with Crippen LogP contribution in [0, 0.1) is 5.82 Å². The lowest BCUT2D eigenvalue weighted by Crippen LogP contribution is -2.23. The van der Waals surface area contributed by atoms with Crippen molar-refractivity contribution in [3.63, 3.8) is 0 Å². The predicted molar refractivity (Wildman–Crippen MR) is 80.6 cm³/mol. The first-order valence-corrected chi connectivity index (χ1v) is 7.02. The number of halogens is 3. The van der Waals surface area contributed by atoms with Crippen LogP contribution in [-0.2, 0) is 6.54 Å². The molecule has 0 unspecified atom stereocenters. The number of fused-ring (bicyclic) bond motifs is 1. The molecule has 0 atom stereocenters. The van der Waals surface area contributed by atoms with Crippen LogP contribution >= 0.6 is 23.2 Å². The van der Waals surface area contributed by atoms with Gasteiger partial charge in [0.2, 0.25) is 0 Å². The molecule has 8 heteroatoms. The maximum atomic E-state index is 13.1. The molecular weight excluding hydrogens is 330 g/mol. The number of hydrogen-bond donors (Lipinski definition) is 1. The van der Waals surface area contributed by atoms with E-state index in [1.54, 1.807) is 18.2 Å². The Labute approximate surface area is 134 Å². The highest BCUT2D eigenvalue weighted by atomic mass is 35.5. The lowest BCUT2D eigenvalue weighted by molar-refractivity contribution is 0.0946. The van der Waals surface area contributed by atoms with Crippen molar-refractivity contribution in [1.82, 2.24) is 19.9 Å². The second-order valence-corrected chi connectivity index (χ2v) is 5.31. The number of carbonyl (C=O) groups excluding carboxylic acids is 1. The van der Waals surface area contributed by atoms with E-state index in [1.165, 1.54) is 22.8 Å². The average Bonchev–Trinajstić information content (AvgIpc) is 2.91. The summed E-state index contributed by atoms with van der Waals surface area (Å²) in [7, 11) is 0. The standard InChI is InChI=1S/C14H9Cl2FN4O/c15-9-5-8(1-2-10(9)17)6-18-14(22)11-7-21-13(19-11)4-3-12(16)20-21/h1-5,7H,6H2,(H,18,22). The summed E-state index contributed by atoms with van der Waals surface area (Å²) in [6, 6.07) is 7.51. The minimum atomic E-state index is -0.500. The van der Waals surface area contributed by atoms with Gasteiger partial charge in [-0.25, -0.2) is 13.9 Å². The summed E-state index contributed by atoms with van der Waals surface area (Å²) in [4.78, 5) is 16.2. The Bertz CT molecular complexity index is 865. The first kappa shape index (κ1) is 14.7. The molecule has 1 N–H and O–H groups in total. The maximum absolute atomic E-state index is 13.1. The van der Waals surface area contributed by atoms with E-state index in [1.807, 2.05) is 0 Å². The van der Waals surface area contributed by atoms with Crippen molar-refractivity contribution in [1.29, 1.82) is 0 Å². The normalized spacial score (nSPS) is 10.9. The Kier molecular flexibility index (Phi) is 3.96. The monoisotopic (exact) mass is 338 g/mol. The Hall–Kier alpha value is -2.18. The van der Waals surface area contributed by atoms with E-state index in [0.717, 1.165) is 0 Å². The minimum Gasteiger partial charge on any atom is -0.347 e. The van der Waals surface area contributed by atoms with Gasteiger partial charge >= 0.3 is 0 Å². The number of hydrogen-bond acceptors (Lipinski definition) is 3. The number of amides is 1. The number of imidazole rings is 1. The van der Waals surface area contributed by atoms with Crippen LogP contribution in [0.2, 0.25) is 10.2 Å². The van der Waals surface area contributed by atoms with Crippen LogP contribution in [0.1, 0.15) is 16.1 Å². The Morgan fingerprint density at radius 1 is 1.27 bits per heavy atom. The van der Waals surface area contributed by atoms with Gasteiger partial charge in [0.25, 0.3) is 5.91 Å². The zero-order valence-corrected chi connectivity index (χ0v) is 12.6. The molecule has 0 saturated heterocycles. The van der Waals surface area contributed by atoms with Gasteiger partial charge < -0.3 is 5.32 Å². The topological polar surface area (TPSA) is 59.3 Å². The molecule has 1 aromatic carbocycles. The van der Waals surface area contributed by atoms with Crippen molar-refractivity contribution in [2.24, 2.45) is 0 Å². The molecule has 5 nitrogen and oxygen atoms in total. The summed E-state index contributed by atoms with van der Waals surface area (Å²) >= 11 is 11.5. The van der Waals surface area contributed by atoms with Crippen LogP contribution < -0.4 is 5.32 Å². The van der Waals surface area contributed by atoms with Gasteiger partial charge in [0.15, 0.2) is 5.65 Å². The van der Waals surface area contributed by atoms with Gasteiger partial charge in [0.05, 0.1) is 11.2 Å². The van der Waals surface area contributed by atoms with E-state index in [4.69, 9.17) is 23.2 Å². The highest BCUT2D eigenvalue weighted by molar-refractivity contribution is 6.30. The van der Waals surface area contributed by atoms with Gasteiger partial charge in [-0.15, -0.1) is 0 Å². The van der Waals surface area contributed by atoms with E-state index in [9.17, 15) is 9.18 Å². The number of aromatic nitrogens is 3. The van der Waals surface area contributed by atoms with Gasteiger partial charge in [-0.05, 0) is 29.8 Å². The summed E-state index contributed by atoms with van der Waals surface area (Å²) < 4.78 is 14.5. The summed E-state index contributed by atoms with van der Waals surface area (Å²) in [5.41, 5.74) is 1.41. The highest BCUT2D eigenvalue weighted by Crippen LogP contribution is 2.16. The number of carbonyl (C=O) groups is 1. The quantitative estimate of drug-likeness (QED) is 0.798. The molecule has 0 aliphatic carbocycles. The molecule has 3 aromatic rings. The molecule has 0 aliphatic heterocycles. The van der Waals surface area contributed by atoms with Crippen molar-refractivity contribution < 1.29 is 9.18 Å². The zero-order valence-electron chi connectivity index (χ0n) is 11.1. The fourth-order valence-electron chi connectivity index (χ4n) is 1.89. The summed E-state index contributed by atoms with van der Waals surface area (Å²) in [5.74, 6) is -0.873. The summed E-state index contributed by atoms with van der Waals surface area (Å²) in [5, 5.41) is 7.00. The largest absolute Gasteiger partial charge is 0.347 e. The molecule has 22 heavy (non-hydrogen) atoms. The predicted octanol–water partition coefficient (Wildman–Crippen LogP) is 3.11. The molecule has 2 heterocycles. The molecule has 0 radical (unpaired) electrons. The number of benzene rings is 1. The Morgan fingerprint density at radius 3 is 2.86 bits per heavy atom. The van der Waals surface area contributed by atoms with Crippen molar-refractivity contribution in [2.45, 2.75) is 6.54 Å². The van der Waals surface area contributed by atoms with Crippen molar-refractivity contribution in [3.05, 3.63) is 63.8 Å². The lowest BCUT2D eigenvalue weighted by atomic mass is 10.2. The van der Waals surface area contributed by atoms with Crippen LogP contribution in [0.4, 0.5) is 4.39 Å². The van der Waals surface area contributed by atoms with Gasteiger partial charge in [-0.1, -0.05) is 29.3 Å². The molecule has 1 amide bonds. The third-order valence-electron chi connectivity index (χ3n) is 2.96. The van der Waals surface area contributed by atoms with Crippen LogP contribution in [0.5, 0.6) is 0 Å². The molecule has 0 aliphatic rings. The van der Waals surface area contributed by atoms with Crippen LogP contribution in [0.3, 0.4) is 0 Å². The summed E-state index contributed by atoms with van der Waals surface area (Å²) in [6.07, 6.45) is 1.48. The smallest absolute Gasteiger partial charge is 0.271 e. The number of nitrogens with zero attached hydrogens (tertiary/aromatic N) is 3. The number of nitrogens with one attached hydrogen (secondary N) is 1. The average molecular weight is 339 g/mol.